The van der Waals surface area contributed by atoms with E-state index in [1.54, 1.807) is 24.0 Å². The van der Waals surface area contributed by atoms with Crippen LogP contribution in [0.1, 0.15) is 17.0 Å². The van der Waals surface area contributed by atoms with Crippen molar-refractivity contribution in [2.24, 2.45) is 7.05 Å². The van der Waals surface area contributed by atoms with Crippen molar-refractivity contribution in [3.05, 3.63) is 41.5 Å². The van der Waals surface area contributed by atoms with Crippen molar-refractivity contribution in [1.29, 1.82) is 5.26 Å². The number of hydrogen-bond acceptors (Lipinski definition) is 4. The van der Waals surface area contributed by atoms with Crippen LogP contribution in [0.4, 0.5) is 18.9 Å². The van der Waals surface area contributed by atoms with Gasteiger partial charge >= 0.3 is 6.18 Å². The molecular weight excluding hydrogens is 283 g/mol. The Bertz CT molecular complexity index is 669. The first kappa shape index (κ1) is 14.8. The third-order valence-electron chi connectivity index (χ3n) is 2.94. The predicted octanol–water partition coefficient (Wildman–Crippen LogP) is 2.36. The first-order valence-electron chi connectivity index (χ1n) is 6.10. The highest BCUT2D eigenvalue weighted by atomic mass is 19.4. The number of anilines is 1. The lowest BCUT2D eigenvalue weighted by atomic mass is 10.1. The molecular formula is C13H12F3N5. The van der Waals surface area contributed by atoms with Crippen molar-refractivity contribution in [2.75, 3.05) is 11.9 Å². The number of benzene rings is 1. The second-order valence-electron chi connectivity index (χ2n) is 4.40. The van der Waals surface area contributed by atoms with Crippen LogP contribution in [0.5, 0.6) is 0 Å². The SMILES string of the molecule is Cn1cnnc1CCNc1ccc(C(F)(F)F)cc1C#N. The van der Waals surface area contributed by atoms with E-state index in [-0.39, 0.29) is 5.56 Å². The van der Waals surface area contributed by atoms with Gasteiger partial charge in [0.25, 0.3) is 0 Å². The van der Waals surface area contributed by atoms with Gasteiger partial charge in [0.1, 0.15) is 18.2 Å². The Labute approximate surface area is 119 Å². The second kappa shape index (κ2) is 5.83. The number of halogens is 3. The summed E-state index contributed by atoms with van der Waals surface area (Å²) < 4.78 is 39.5. The molecule has 0 radical (unpaired) electrons. The van der Waals surface area contributed by atoms with Crippen LogP contribution in [0.3, 0.4) is 0 Å². The van der Waals surface area contributed by atoms with Gasteiger partial charge in [-0.1, -0.05) is 0 Å². The molecule has 0 aliphatic heterocycles. The van der Waals surface area contributed by atoms with Crippen molar-refractivity contribution in [1.82, 2.24) is 14.8 Å². The summed E-state index contributed by atoms with van der Waals surface area (Å²) >= 11 is 0. The maximum Gasteiger partial charge on any atom is 0.416 e. The number of nitrogens with zero attached hydrogens (tertiary/aromatic N) is 4. The highest BCUT2D eigenvalue weighted by molar-refractivity contribution is 5.59. The van der Waals surface area contributed by atoms with Gasteiger partial charge in [-0.05, 0) is 18.2 Å². The third kappa shape index (κ3) is 3.51. The topological polar surface area (TPSA) is 66.5 Å². The highest BCUT2D eigenvalue weighted by Gasteiger charge is 2.31. The number of hydrogen-bond donors (Lipinski definition) is 1. The molecule has 0 aliphatic rings. The van der Waals surface area contributed by atoms with E-state index in [0.29, 0.717) is 18.7 Å². The minimum absolute atomic E-state index is 0.0391. The molecule has 5 nitrogen and oxygen atoms in total. The van der Waals surface area contributed by atoms with Crippen LogP contribution in [0, 0.1) is 11.3 Å². The van der Waals surface area contributed by atoms with Crippen LogP contribution in [0.2, 0.25) is 0 Å². The Morgan fingerprint density at radius 1 is 1.38 bits per heavy atom. The van der Waals surface area contributed by atoms with Gasteiger partial charge in [-0.2, -0.15) is 18.4 Å². The molecule has 1 aromatic carbocycles. The zero-order chi connectivity index (χ0) is 15.5. The van der Waals surface area contributed by atoms with Crippen molar-refractivity contribution in [3.63, 3.8) is 0 Å². The van der Waals surface area contributed by atoms with E-state index in [0.717, 1.165) is 18.0 Å². The Hall–Kier alpha value is -2.56. The first-order valence-corrected chi connectivity index (χ1v) is 6.10. The highest BCUT2D eigenvalue weighted by Crippen LogP contribution is 2.31. The van der Waals surface area contributed by atoms with Gasteiger partial charge in [-0.25, -0.2) is 0 Å². The molecule has 0 saturated carbocycles. The van der Waals surface area contributed by atoms with Crippen molar-refractivity contribution in [2.45, 2.75) is 12.6 Å². The molecule has 2 rings (SSSR count). The molecule has 8 heteroatoms. The Morgan fingerprint density at radius 3 is 2.71 bits per heavy atom. The summed E-state index contributed by atoms with van der Waals surface area (Å²) in [4.78, 5) is 0. The predicted molar refractivity (Wildman–Crippen MR) is 69.4 cm³/mol. The Balaban J connectivity index is 2.07. The molecule has 0 aliphatic carbocycles. The number of rotatable bonds is 4. The molecule has 0 spiro atoms. The monoisotopic (exact) mass is 295 g/mol. The van der Waals surface area contributed by atoms with Gasteiger partial charge in [-0.3, -0.25) is 0 Å². The van der Waals surface area contributed by atoms with Gasteiger partial charge < -0.3 is 9.88 Å². The average molecular weight is 295 g/mol. The molecule has 0 fully saturated rings. The molecule has 110 valence electrons. The van der Waals surface area contributed by atoms with Crippen LogP contribution >= 0.6 is 0 Å². The van der Waals surface area contributed by atoms with E-state index < -0.39 is 11.7 Å². The van der Waals surface area contributed by atoms with Crippen LogP contribution in [0.25, 0.3) is 0 Å². The van der Waals surface area contributed by atoms with Gasteiger partial charge in [0.05, 0.1) is 16.8 Å². The summed E-state index contributed by atoms with van der Waals surface area (Å²) in [5, 5.41) is 19.5. The Kier molecular flexibility index (Phi) is 4.12. The summed E-state index contributed by atoms with van der Waals surface area (Å²) in [6, 6.07) is 4.82. The Morgan fingerprint density at radius 2 is 2.14 bits per heavy atom. The molecule has 1 heterocycles. The quantitative estimate of drug-likeness (QED) is 0.940. The van der Waals surface area contributed by atoms with Crippen LogP contribution in [-0.2, 0) is 19.6 Å². The second-order valence-corrected chi connectivity index (χ2v) is 4.40. The lowest BCUT2D eigenvalue weighted by Gasteiger charge is -2.11. The summed E-state index contributed by atoms with van der Waals surface area (Å²) in [6.45, 7) is 0.437. The largest absolute Gasteiger partial charge is 0.416 e. The molecule has 21 heavy (non-hydrogen) atoms. The van der Waals surface area contributed by atoms with E-state index in [1.165, 1.54) is 6.07 Å². The number of aryl methyl sites for hydroxylation is 1. The van der Waals surface area contributed by atoms with Gasteiger partial charge in [-0.15, -0.1) is 10.2 Å². The zero-order valence-electron chi connectivity index (χ0n) is 11.1. The van der Waals surface area contributed by atoms with E-state index >= 15 is 0 Å². The van der Waals surface area contributed by atoms with Gasteiger partial charge in [0, 0.05) is 20.0 Å². The molecule has 2 aromatic rings. The minimum Gasteiger partial charge on any atom is -0.384 e. The molecule has 0 atom stereocenters. The fourth-order valence-corrected chi connectivity index (χ4v) is 1.81. The molecule has 1 aromatic heterocycles. The summed E-state index contributed by atoms with van der Waals surface area (Å²) in [6.07, 6.45) is -2.35. The van der Waals surface area contributed by atoms with Crippen LogP contribution in [-0.4, -0.2) is 21.3 Å². The fourth-order valence-electron chi connectivity index (χ4n) is 1.81. The maximum absolute atomic E-state index is 12.6. The minimum atomic E-state index is -4.46. The van der Waals surface area contributed by atoms with Crippen molar-refractivity contribution >= 4 is 5.69 Å². The molecule has 0 bridgehead atoms. The van der Waals surface area contributed by atoms with Crippen LogP contribution in [0.15, 0.2) is 24.5 Å². The average Bonchev–Trinajstić information content (AvgIpc) is 2.83. The first-order chi connectivity index (χ1) is 9.91. The van der Waals surface area contributed by atoms with E-state index in [2.05, 4.69) is 15.5 Å². The fraction of sp³-hybridized carbons (Fsp3) is 0.308. The number of nitriles is 1. The number of aromatic nitrogens is 3. The lowest BCUT2D eigenvalue weighted by Crippen LogP contribution is -2.11. The molecule has 0 unspecified atom stereocenters. The molecule has 0 amide bonds. The molecule has 1 N–H and O–H groups in total. The van der Waals surface area contributed by atoms with E-state index in [1.807, 2.05) is 0 Å². The number of nitrogens with one attached hydrogen (secondary N) is 1. The standard InChI is InChI=1S/C13H12F3N5/c1-21-8-19-20-12(21)4-5-18-11-3-2-10(13(14,15)16)6-9(11)7-17/h2-3,6,8,18H,4-5H2,1H3. The van der Waals surface area contributed by atoms with Crippen molar-refractivity contribution < 1.29 is 13.2 Å². The lowest BCUT2D eigenvalue weighted by molar-refractivity contribution is -0.137. The van der Waals surface area contributed by atoms with E-state index in [9.17, 15) is 13.2 Å². The third-order valence-corrected chi connectivity index (χ3v) is 2.94. The summed E-state index contributed by atoms with van der Waals surface area (Å²) in [7, 11) is 1.80. The van der Waals surface area contributed by atoms with Crippen molar-refractivity contribution in [3.8, 4) is 6.07 Å². The summed E-state index contributed by atoms with van der Waals surface area (Å²) in [5.74, 6) is 0.743. The number of alkyl halides is 3. The van der Waals surface area contributed by atoms with Gasteiger partial charge in [0.2, 0.25) is 0 Å². The normalized spacial score (nSPS) is 11.2. The summed E-state index contributed by atoms with van der Waals surface area (Å²) in [5.41, 5.74) is -0.506. The van der Waals surface area contributed by atoms with Gasteiger partial charge in [0.15, 0.2) is 0 Å². The molecule has 0 saturated heterocycles. The smallest absolute Gasteiger partial charge is 0.384 e. The zero-order valence-corrected chi connectivity index (χ0v) is 11.1. The van der Waals surface area contributed by atoms with E-state index in [4.69, 9.17) is 5.26 Å². The van der Waals surface area contributed by atoms with Crippen LogP contribution < -0.4 is 5.32 Å². The maximum atomic E-state index is 12.6.